The molecule has 0 amide bonds. The van der Waals surface area contributed by atoms with Crippen molar-refractivity contribution in [2.75, 3.05) is 12.4 Å². The summed E-state index contributed by atoms with van der Waals surface area (Å²) in [5, 5.41) is 15.3. The number of nitro groups is 1. The zero-order valence-corrected chi connectivity index (χ0v) is 12.7. The van der Waals surface area contributed by atoms with Gasteiger partial charge in [0.1, 0.15) is 5.69 Å². The van der Waals surface area contributed by atoms with Crippen molar-refractivity contribution < 1.29 is 13.3 Å². The van der Waals surface area contributed by atoms with Crippen molar-refractivity contribution in [2.45, 2.75) is 11.4 Å². The molecule has 9 heteroatoms. The summed E-state index contributed by atoms with van der Waals surface area (Å²) < 4.78 is 26.8. The number of nitrogens with one attached hydrogen (secondary N) is 2. The number of anilines is 1. The summed E-state index contributed by atoms with van der Waals surface area (Å²) in [6, 6.07) is 7.29. The van der Waals surface area contributed by atoms with Crippen molar-refractivity contribution in [3.8, 4) is 0 Å². The van der Waals surface area contributed by atoms with Gasteiger partial charge >= 0.3 is 0 Å². The summed E-state index contributed by atoms with van der Waals surface area (Å²) in [6.45, 7) is 0.186. The lowest BCUT2D eigenvalue weighted by Crippen LogP contribution is -2.23. The van der Waals surface area contributed by atoms with Crippen LogP contribution < -0.4 is 10.0 Å². The van der Waals surface area contributed by atoms with Crippen molar-refractivity contribution in [3.05, 3.63) is 50.7 Å². The quantitative estimate of drug-likeness (QED) is 0.625. The van der Waals surface area contributed by atoms with Crippen LogP contribution in [0, 0.1) is 10.1 Å². The number of hydrogen-bond acceptors (Lipinski definition) is 6. The summed E-state index contributed by atoms with van der Waals surface area (Å²) >= 11 is 1.44. The highest BCUT2D eigenvalue weighted by molar-refractivity contribution is 7.89. The molecule has 0 aliphatic heterocycles. The van der Waals surface area contributed by atoms with Crippen LogP contribution in [-0.4, -0.2) is 20.4 Å². The molecule has 0 saturated heterocycles. The van der Waals surface area contributed by atoms with Crippen LogP contribution in [0.25, 0.3) is 0 Å². The largest absolute Gasteiger partial charge is 0.383 e. The molecule has 1 aromatic carbocycles. The van der Waals surface area contributed by atoms with Gasteiger partial charge in [-0.2, -0.15) is 0 Å². The molecule has 2 aromatic rings. The van der Waals surface area contributed by atoms with Crippen LogP contribution in [0.2, 0.25) is 0 Å². The number of rotatable bonds is 6. The van der Waals surface area contributed by atoms with Crippen LogP contribution in [0.1, 0.15) is 4.88 Å². The number of benzene rings is 1. The molecule has 0 fully saturated rings. The molecular formula is C12H13N3O4S2. The first-order valence-corrected chi connectivity index (χ1v) is 8.28. The minimum absolute atomic E-state index is 0.0194. The van der Waals surface area contributed by atoms with E-state index >= 15 is 0 Å². The molecule has 7 nitrogen and oxygen atoms in total. The average molecular weight is 327 g/mol. The van der Waals surface area contributed by atoms with E-state index in [1.165, 1.54) is 36.6 Å². The SMILES string of the molecule is CNc1cc(S(=O)(=O)NCc2cccs2)ccc1[N+](=O)[O-]. The van der Waals surface area contributed by atoms with Crippen LogP contribution in [0.3, 0.4) is 0 Å². The Kier molecular flexibility index (Phi) is 4.56. The Morgan fingerprint density at radius 2 is 2.10 bits per heavy atom. The molecule has 112 valence electrons. The van der Waals surface area contributed by atoms with Crippen LogP contribution in [0.5, 0.6) is 0 Å². The molecule has 0 saturated carbocycles. The van der Waals surface area contributed by atoms with Crippen molar-refractivity contribution in [1.82, 2.24) is 4.72 Å². The van der Waals surface area contributed by atoms with Gasteiger partial charge < -0.3 is 5.32 Å². The van der Waals surface area contributed by atoms with Crippen LogP contribution in [0.4, 0.5) is 11.4 Å². The Morgan fingerprint density at radius 1 is 1.33 bits per heavy atom. The summed E-state index contributed by atoms with van der Waals surface area (Å²) in [4.78, 5) is 11.1. The van der Waals surface area contributed by atoms with Crippen molar-refractivity contribution in [2.24, 2.45) is 0 Å². The fraction of sp³-hybridized carbons (Fsp3) is 0.167. The first-order valence-electron chi connectivity index (χ1n) is 5.92. The number of nitro benzene ring substituents is 1. The zero-order chi connectivity index (χ0) is 15.5. The van der Waals surface area contributed by atoms with E-state index in [0.29, 0.717) is 0 Å². The van der Waals surface area contributed by atoms with E-state index < -0.39 is 14.9 Å². The predicted octanol–water partition coefficient (Wildman–Crippen LogP) is 2.18. The molecule has 1 heterocycles. The predicted molar refractivity (Wildman–Crippen MR) is 81.0 cm³/mol. The first-order chi connectivity index (χ1) is 9.94. The molecule has 2 rings (SSSR count). The Labute approximate surface area is 125 Å². The molecule has 0 atom stereocenters. The normalized spacial score (nSPS) is 11.3. The molecule has 0 unspecified atom stereocenters. The molecular weight excluding hydrogens is 314 g/mol. The molecule has 0 radical (unpaired) electrons. The summed E-state index contributed by atoms with van der Waals surface area (Å²) in [6.07, 6.45) is 0. The topological polar surface area (TPSA) is 101 Å². The second kappa shape index (κ2) is 6.20. The highest BCUT2D eigenvalue weighted by Crippen LogP contribution is 2.27. The number of hydrogen-bond donors (Lipinski definition) is 2. The lowest BCUT2D eigenvalue weighted by molar-refractivity contribution is -0.384. The number of sulfonamides is 1. The lowest BCUT2D eigenvalue weighted by atomic mass is 10.3. The highest BCUT2D eigenvalue weighted by Gasteiger charge is 2.19. The van der Waals surface area contributed by atoms with Gasteiger partial charge in [0.2, 0.25) is 10.0 Å². The van der Waals surface area contributed by atoms with E-state index in [1.54, 1.807) is 0 Å². The lowest BCUT2D eigenvalue weighted by Gasteiger charge is -2.08. The van der Waals surface area contributed by atoms with Crippen LogP contribution in [0.15, 0.2) is 40.6 Å². The van der Waals surface area contributed by atoms with Crippen LogP contribution >= 0.6 is 11.3 Å². The Balaban J connectivity index is 2.25. The number of thiophene rings is 1. The molecule has 0 spiro atoms. The maximum absolute atomic E-state index is 12.2. The average Bonchev–Trinajstić information content (AvgIpc) is 2.97. The minimum Gasteiger partial charge on any atom is -0.383 e. The van der Waals surface area contributed by atoms with Crippen molar-refractivity contribution in [1.29, 1.82) is 0 Å². The van der Waals surface area contributed by atoms with Crippen LogP contribution in [-0.2, 0) is 16.6 Å². The Morgan fingerprint density at radius 3 is 2.67 bits per heavy atom. The molecule has 21 heavy (non-hydrogen) atoms. The van der Waals surface area contributed by atoms with Crippen molar-refractivity contribution in [3.63, 3.8) is 0 Å². The van der Waals surface area contributed by atoms with Gasteiger partial charge in [0.25, 0.3) is 5.69 Å². The van der Waals surface area contributed by atoms with Crippen molar-refractivity contribution >= 4 is 32.7 Å². The summed E-state index contributed by atoms with van der Waals surface area (Å²) in [7, 11) is -2.22. The fourth-order valence-electron chi connectivity index (χ4n) is 1.70. The summed E-state index contributed by atoms with van der Waals surface area (Å²) in [5.74, 6) is 0. The summed E-state index contributed by atoms with van der Waals surface area (Å²) in [5.41, 5.74) is -0.0197. The van der Waals surface area contributed by atoms with Gasteiger partial charge in [0.15, 0.2) is 0 Å². The fourth-order valence-corrected chi connectivity index (χ4v) is 3.47. The van der Waals surface area contributed by atoms with E-state index in [1.807, 2.05) is 17.5 Å². The van der Waals surface area contributed by atoms with Gasteiger partial charge in [-0.05, 0) is 23.6 Å². The molecule has 1 aromatic heterocycles. The second-order valence-corrected chi connectivity index (χ2v) is 6.89. The Bertz CT molecular complexity index is 742. The van der Waals surface area contributed by atoms with Gasteiger partial charge in [0.05, 0.1) is 9.82 Å². The Hall–Kier alpha value is -1.97. The third-order valence-electron chi connectivity index (χ3n) is 2.76. The molecule has 0 aliphatic carbocycles. The molecule has 0 aliphatic rings. The monoisotopic (exact) mass is 327 g/mol. The van der Waals surface area contributed by atoms with Gasteiger partial charge in [-0.3, -0.25) is 10.1 Å². The maximum atomic E-state index is 12.2. The van der Waals surface area contributed by atoms with Gasteiger partial charge in [0, 0.05) is 24.5 Å². The van der Waals surface area contributed by atoms with E-state index in [4.69, 9.17) is 0 Å². The van der Waals surface area contributed by atoms with E-state index in [0.717, 1.165) is 4.88 Å². The maximum Gasteiger partial charge on any atom is 0.292 e. The van der Waals surface area contributed by atoms with Gasteiger partial charge in [-0.1, -0.05) is 6.07 Å². The first kappa shape index (κ1) is 15.4. The highest BCUT2D eigenvalue weighted by atomic mass is 32.2. The molecule has 2 N–H and O–H groups in total. The third-order valence-corrected chi connectivity index (χ3v) is 5.04. The van der Waals surface area contributed by atoms with Gasteiger partial charge in [-0.25, -0.2) is 13.1 Å². The van der Waals surface area contributed by atoms with E-state index in [-0.39, 0.29) is 22.8 Å². The van der Waals surface area contributed by atoms with Gasteiger partial charge in [-0.15, -0.1) is 11.3 Å². The van der Waals surface area contributed by atoms with E-state index in [9.17, 15) is 18.5 Å². The smallest absolute Gasteiger partial charge is 0.292 e. The zero-order valence-electron chi connectivity index (χ0n) is 11.1. The third kappa shape index (κ3) is 3.57. The van der Waals surface area contributed by atoms with E-state index in [2.05, 4.69) is 10.0 Å². The number of nitrogens with zero attached hydrogens (tertiary/aromatic N) is 1. The standard InChI is InChI=1S/C12H13N3O4S2/c1-13-11-7-10(4-5-12(11)15(16)17)21(18,19)14-8-9-3-2-6-20-9/h2-7,13-14H,8H2,1H3. The molecule has 0 bridgehead atoms. The second-order valence-electron chi connectivity index (χ2n) is 4.09. The minimum atomic E-state index is -3.72.